The van der Waals surface area contributed by atoms with Crippen LogP contribution in [-0.4, -0.2) is 10.8 Å². The fourth-order valence-electron chi connectivity index (χ4n) is 2.19. The van der Waals surface area contributed by atoms with Gasteiger partial charge in [-0.2, -0.15) is 0 Å². The second kappa shape index (κ2) is 5.05. The van der Waals surface area contributed by atoms with Gasteiger partial charge in [0.1, 0.15) is 16.1 Å². The van der Waals surface area contributed by atoms with E-state index in [4.69, 9.17) is 27.6 Å². The van der Waals surface area contributed by atoms with Crippen molar-refractivity contribution in [3.05, 3.63) is 56.3 Å². The third-order valence-electron chi connectivity index (χ3n) is 3.16. The van der Waals surface area contributed by atoms with Crippen molar-refractivity contribution in [1.29, 1.82) is 0 Å². The maximum atomic E-state index is 11.4. The Kier molecular flexibility index (Phi) is 3.35. The standard InChI is InChI=1S/C13H8Cl2N2O4/c14-8-5-9-6(4-11(18)16-9)3-7(8)13(15)10-1-2-12(21-10)17(19)20/h1-3,5,13H,4H2,(H,16,18). The van der Waals surface area contributed by atoms with Gasteiger partial charge in [0.25, 0.3) is 0 Å². The first kappa shape index (κ1) is 13.9. The molecule has 3 rings (SSSR count). The van der Waals surface area contributed by atoms with Crippen LogP contribution in [-0.2, 0) is 11.2 Å². The first-order valence-electron chi connectivity index (χ1n) is 5.96. The number of alkyl halides is 1. The van der Waals surface area contributed by atoms with Crippen molar-refractivity contribution in [1.82, 2.24) is 0 Å². The van der Waals surface area contributed by atoms with E-state index in [-0.39, 0.29) is 24.0 Å². The highest BCUT2D eigenvalue weighted by atomic mass is 35.5. The Balaban J connectivity index is 1.98. The number of rotatable bonds is 3. The number of halogens is 2. The number of hydrogen-bond donors (Lipinski definition) is 1. The molecule has 0 aliphatic carbocycles. The monoisotopic (exact) mass is 326 g/mol. The van der Waals surface area contributed by atoms with E-state index >= 15 is 0 Å². The number of furan rings is 1. The molecule has 0 radical (unpaired) electrons. The second-order valence-corrected chi connectivity index (χ2v) is 5.40. The van der Waals surface area contributed by atoms with Crippen molar-refractivity contribution in [3.8, 4) is 0 Å². The lowest BCUT2D eigenvalue weighted by Crippen LogP contribution is -2.03. The molecule has 2 heterocycles. The molecule has 0 bridgehead atoms. The topological polar surface area (TPSA) is 85.4 Å². The van der Waals surface area contributed by atoms with E-state index in [1.54, 1.807) is 12.1 Å². The summed E-state index contributed by atoms with van der Waals surface area (Å²) in [6.07, 6.45) is 0.251. The molecule has 1 unspecified atom stereocenters. The van der Waals surface area contributed by atoms with Crippen LogP contribution in [0.2, 0.25) is 5.02 Å². The van der Waals surface area contributed by atoms with Crippen molar-refractivity contribution >= 4 is 40.7 Å². The normalized spacial score (nSPS) is 14.7. The molecular formula is C13H8Cl2N2O4. The Morgan fingerprint density at radius 2 is 2.14 bits per heavy atom. The van der Waals surface area contributed by atoms with Gasteiger partial charge in [-0.15, -0.1) is 11.6 Å². The largest absolute Gasteiger partial charge is 0.433 e. The molecule has 0 spiro atoms. The Morgan fingerprint density at radius 3 is 2.81 bits per heavy atom. The number of nitrogens with one attached hydrogen (secondary N) is 1. The average molecular weight is 327 g/mol. The van der Waals surface area contributed by atoms with Crippen LogP contribution in [0.5, 0.6) is 0 Å². The van der Waals surface area contributed by atoms with E-state index in [2.05, 4.69) is 5.32 Å². The molecule has 1 aliphatic heterocycles. The second-order valence-electron chi connectivity index (χ2n) is 4.55. The minimum absolute atomic E-state index is 0.113. The highest BCUT2D eigenvalue weighted by Gasteiger charge is 2.25. The SMILES string of the molecule is O=C1Cc2cc(C(Cl)c3ccc([N+](=O)[O-])o3)c(Cl)cc2N1. The molecule has 8 heteroatoms. The van der Waals surface area contributed by atoms with Crippen LogP contribution in [0.3, 0.4) is 0 Å². The molecule has 0 saturated heterocycles. The van der Waals surface area contributed by atoms with Gasteiger partial charge < -0.3 is 9.73 Å². The van der Waals surface area contributed by atoms with E-state index in [1.807, 2.05) is 0 Å². The Hall–Kier alpha value is -2.05. The molecule has 1 aromatic carbocycles. The number of carbonyl (C=O) groups excluding carboxylic acids is 1. The number of benzene rings is 1. The maximum absolute atomic E-state index is 11.4. The van der Waals surface area contributed by atoms with Crippen molar-refractivity contribution in [3.63, 3.8) is 0 Å². The molecule has 1 aliphatic rings. The van der Waals surface area contributed by atoms with Crippen molar-refractivity contribution < 1.29 is 14.1 Å². The smallest absolute Gasteiger partial charge is 0.404 e. The van der Waals surface area contributed by atoms with Gasteiger partial charge in [0.2, 0.25) is 5.91 Å². The van der Waals surface area contributed by atoms with Crippen LogP contribution >= 0.6 is 23.2 Å². The van der Waals surface area contributed by atoms with Crippen LogP contribution in [0, 0.1) is 10.1 Å². The molecule has 6 nitrogen and oxygen atoms in total. The van der Waals surface area contributed by atoms with Gasteiger partial charge in [-0.1, -0.05) is 11.6 Å². The van der Waals surface area contributed by atoms with Gasteiger partial charge in [-0.05, 0) is 29.3 Å². The number of nitrogens with zero attached hydrogens (tertiary/aromatic N) is 1. The van der Waals surface area contributed by atoms with E-state index in [0.717, 1.165) is 5.56 Å². The fraction of sp³-hybridized carbons (Fsp3) is 0.154. The lowest BCUT2D eigenvalue weighted by molar-refractivity contribution is -0.402. The number of anilines is 1. The lowest BCUT2D eigenvalue weighted by Gasteiger charge is -2.11. The minimum Gasteiger partial charge on any atom is -0.404 e. The number of hydrogen-bond acceptors (Lipinski definition) is 4. The molecular weight excluding hydrogens is 319 g/mol. The maximum Gasteiger partial charge on any atom is 0.433 e. The summed E-state index contributed by atoms with van der Waals surface area (Å²) in [6.45, 7) is 0. The third kappa shape index (κ3) is 2.48. The van der Waals surface area contributed by atoms with Gasteiger partial charge in [0.15, 0.2) is 0 Å². The predicted molar refractivity (Wildman–Crippen MR) is 76.8 cm³/mol. The summed E-state index contributed by atoms with van der Waals surface area (Å²) in [7, 11) is 0. The lowest BCUT2D eigenvalue weighted by atomic mass is 10.0. The molecule has 0 saturated carbocycles. The average Bonchev–Trinajstić information content (AvgIpc) is 3.02. The Labute approximate surface area is 128 Å². The zero-order valence-corrected chi connectivity index (χ0v) is 11.9. The van der Waals surface area contributed by atoms with E-state index in [0.29, 0.717) is 16.3 Å². The third-order valence-corrected chi connectivity index (χ3v) is 3.94. The number of nitro groups is 1. The van der Waals surface area contributed by atoms with Gasteiger partial charge in [0.05, 0.1) is 12.5 Å². The number of amides is 1. The Bertz CT molecular complexity index is 757. The van der Waals surface area contributed by atoms with Crippen LogP contribution in [0.4, 0.5) is 11.6 Å². The van der Waals surface area contributed by atoms with Crippen molar-refractivity contribution in [2.24, 2.45) is 0 Å². The number of carbonyl (C=O) groups is 1. The number of fused-ring (bicyclic) bond motifs is 1. The fourth-order valence-corrected chi connectivity index (χ4v) is 2.82. The molecule has 1 atom stereocenters. The van der Waals surface area contributed by atoms with E-state index < -0.39 is 10.3 Å². The summed E-state index contributed by atoms with van der Waals surface area (Å²) in [6, 6.07) is 5.99. The van der Waals surface area contributed by atoms with Gasteiger partial charge in [0, 0.05) is 10.7 Å². The Morgan fingerprint density at radius 1 is 1.38 bits per heavy atom. The molecule has 0 fully saturated rings. The van der Waals surface area contributed by atoms with Crippen LogP contribution in [0.25, 0.3) is 0 Å². The minimum atomic E-state index is -0.771. The van der Waals surface area contributed by atoms with Crippen LogP contribution in [0.15, 0.2) is 28.7 Å². The molecule has 1 amide bonds. The molecule has 108 valence electrons. The summed E-state index contributed by atoms with van der Waals surface area (Å²) in [5, 5.41) is 12.9. The molecule has 2 aromatic rings. The molecule has 1 N–H and O–H groups in total. The highest BCUT2D eigenvalue weighted by molar-refractivity contribution is 6.33. The quantitative estimate of drug-likeness (QED) is 0.529. The summed E-state index contributed by atoms with van der Waals surface area (Å²) in [5.74, 6) is -0.273. The van der Waals surface area contributed by atoms with Crippen LogP contribution in [0.1, 0.15) is 22.3 Å². The van der Waals surface area contributed by atoms with Gasteiger partial charge in [-0.25, -0.2) is 0 Å². The van der Waals surface area contributed by atoms with E-state index in [9.17, 15) is 14.9 Å². The first-order valence-corrected chi connectivity index (χ1v) is 6.77. The zero-order valence-electron chi connectivity index (χ0n) is 10.4. The van der Waals surface area contributed by atoms with Crippen LogP contribution < -0.4 is 5.32 Å². The summed E-state index contributed by atoms with van der Waals surface area (Å²) >= 11 is 12.4. The first-order chi connectivity index (χ1) is 9.95. The predicted octanol–water partition coefficient (Wildman–Crippen LogP) is 3.66. The van der Waals surface area contributed by atoms with Gasteiger partial charge >= 0.3 is 5.88 Å². The van der Waals surface area contributed by atoms with Crippen molar-refractivity contribution in [2.75, 3.05) is 5.32 Å². The van der Waals surface area contributed by atoms with Gasteiger partial charge in [-0.3, -0.25) is 14.9 Å². The zero-order chi connectivity index (χ0) is 15.1. The molecule has 1 aromatic heterocycles. The molecule has 21 heavy (non-hydrogen) atoms. The van der Waals surface area contributed by atoms with E-state index in [1.165, 1.54) is 12.1 Å². The summed E-state index contributed by atoms with van der Waals surface area (Å²) in [4.78, 5) is 21.3. The van der Waals surface area contributed by atoms with Crippen molar-refractivity contribution in [2.45, 2.75) is 11.8 Å². The highest BCUT2D eigenvalue weighted by Crippen LogP contribution is 2.39. The summed E-state index contributed by atoms with van der Waals surface area (Å²) < 4.78 is 5.08. The summed E-state index contributed by atoms with van der Waals surface area (Å²) in [5.41, 5.74) is 1.98.